The lowest BCUT2D eigenvalue weighted by molar-refractivity contribution is -0.132. The molecule has 1 fully saturated rings. The maximum Gasteiger partial charge on any atom is 0.308 e. The Morgan fingerprint density at radius 3 is 2.45 bits per heavy atom. The Hall–Kier alpha value is -3.22. The molecule has 29 heavy (non-hydrogen) atoms. The first-order chi connectivity index (χ1) is 13.9. The van der Waals surface area contributed by atoms with Gasteiger partial charge in [0.15, 0.2) is 0 Å². The minimum Gasteiger partial charge on any atom is -0.427 e. The Kier molecular flexibility index (Phi) is 6.59. The molecular formula is C22H23FN2O4. The van der Waals surface area contributed by atoms with Crippen LogP contribution in [0, 0.1) is 5.82 Å². The summed E-state index contributed by atoms with van der Waals surface area (Å²) in [6, 6.07) is 12.5. The van der Waals surface area contributed by atoms with Gasteiger partial charge in [0, 0.05) is 38.7 Å². The van der Waals surface area contributed by atoms with Gasteiger partial charge < -0.3 is 14.5 Å². The smallest absolute Gasteiger partial charge is 0.308 e. The van der Waals surface area contributed by atoms with Gasteiger partial charge >= 0.3 is 5.97 Å². The molecule has 0 radical (unpaired) electrons. The molecule has 0 aromatic heterocycles. The molecule has 0 bridgehead atoms. The largest absolute Gasteiger partial charge is 0.427 e. The van der Waals surface area contributed by atoms with Crippen LogP contribution in [0.25, 0.3) is 0 Å². The highest BCUT2D eigenvalue weighted by Gasteiger charge is 2.23. The zero-order chi connectivity index (χ0) is 20.8. The van der Waals surface area contributed by atoms with Crippen LogP contribution in [-0.4, -0.2) is 53.8 Å². The molecule has 1 aliphatic heterocycles. The Morgan fingerprint density at radius 1 is 0.966 bits per heavy atom. The van der Waals surface area contributed by atoms with Crippen molar-refractivity contribution in [2.45, 2.75) is 19.8 Å². The lowest BCUT2D eigenvalue weighted by Gasteiger charge is -2.22. The van der Waals surface area contributed by atoms with Gasteiger partial charge in [0.05, 0.1) is 6.42 Å². The van der Waals surface area contributed by atoms with Crippen LogP contribution in [0.1, 0.15) is 29.3 Å². The van der Waals surface area contributed by atoms with Crippen molar-refractivity contribution in [1.82, 2.24) is 9.80 Å². The van der Waals surface area contributed by atoms with E-state index in [1.54, 1.807) is 46.2 Å². The number of carbonyl (C=O) groups is 3. The van der Waals surface area contributed by atoms with Crippen LogP contribution in [0.5, 0.6) is 5.75 Å². The molecule has 1 heterocycles. The van der Waals surface area contributed by atoms with Crippen molar-refractivity contribution in [3.8, 4) is 5.75 Å². The van der Waals surface area contributed by atoms with Crippen LogP contribution in [0.3, 0.4) is 0 Å². The number of nitrogens with zero attached hydrogens (tertiary/aromatic N) is 2. The molecule has 1 aliphatic rings. The number of esters is 1. The van der Waals surface area contributed by atoms with Gasteiger partial charge in [-0.25, -0.2) is 4.39 Å². The molecule has 6 nitrogen and oxygen atoms in total. The lowest BCUT2D eigenvalue weighted by atomic mass is 10.1. The van der Waals surface area contributed by atoms with E-state index in [2.05, 4.69) is 0 Å². The number of ether oxygens (including phenoxy) is 1. The van der Waals surface area contributed by atoms with Crippen molar-refractivity contribution in [3.05, 3.63) is 65.5 Å². The number of hydrogen-bond donors (Lipinski definition) is 0. The standard InChI is InChI=1S/C22H23FN2O4/c1-16(26)29-20-8-3-6-18(15-20)22(28)25-10-4-9-24(11-12-25)21(27)14-17-5-2-7-19(23)13-17/h2-3,5-8,13,15H,4,9-12,14H2,1H3. The molecule has 3 rings (SSSR count). The molecule has 0 atom stereocenters. The Bertz CT molecular complexity index is 915. The summed E-state index contributed by atoms with van der Waals surface area (Å²) in [4.78, 5) is 39.9. The van der Waals surface area contributed by atoms with Gasteiger partial charge in [0.2, 0.25) is 5.91 Å². The van der Waals surface area contributed by atoms with E-state index < -0.39 is 5.97 Å². The third-order valence-corrected chi connectivity index (χ3v) is 4.72. The number of halogens is 1. The summed E-state index contributed by atoms with van der Waals surface area (Å²) in [5, 5.41) is 0. The Balaban J connectivity index is 1.61. The highest BCUT2D eigenvalue weighted by atomic mass is 19.1. The Morgan fingerprint density at radius 2 is 1.69 bits per heavy atom. The van der Waals surface area contributed by atoms with Crippen LogP contribution in [0.2, 0.25) is 0 Å². The fourth-order valence-electron chi connectivity index (χ4n) is 3.34. The summed E-state index contributed by atoms with van der Waals surface area (Å²) < 4.78 is 18.4. The van der Waals surface area contributed by atoms with E-state index in [4.69, 9.17) is 4.74 Å². The minimum absolute atomic E-state index is 0.0817. The first-order valence-electron chi connectivity index (χ1n) is 9.52. The van der Waals surface area contributed by atoms with Crippen LogP contribution in [0.15, 0.2) is 48.5 Å². The third kappa shape index (κ3) is 5.63. The maximum atomic E-state index is 13.3. The van der Waals surface area contributed by atoms with E-state index in [1.165, 1.54) is 19.1 Å². The van der Waals surface area contributed by atoms with Gasteiger partial charge in [-0.05, 0) is 42.3 Å². The average molecular weight is 398 g/mol. The number of rotatable bonds is 4. The maximum absolute atomic E-state index is 13.3. The predicted molar refractivity (Wildman–Crippen MR) is 105 cm³/mol. The monoisotopic (exact) mass is 398 g/mol. The van der Waals surface area contributed by atoms with Crippen molar-refractivity contribution < 1.29 is 23.5 Å². The van der Waals surface area contributed by atoms with E-state index in [0.717, 1.165) is 0 Å². The quantitative estimate of drug-likeness (QED) is 0.587. The molecule has 0 N–H and O–H groups in total. The first-order valence-corrected chi connectivity index (χ1v) is 9.52. The second-order valence-corrected chi connectivity index (χ2v) is 6.95. The van der Waals surface area contributed by atoms with Crippen LogP contribution in [-0.2, 0) is 16.0 Å². The second kappa shape index (κ2) is 9.32. The van der Waals surface area contributed by atoms with E-state index in [9.17, 15) is 18.8 Å². The van der Waals surface area contributed by atoms with Crippen molar-refractivity contribution in [2.24, 2.45) is 0 Å². The number of benzene rings is 2. The second-order valence-electron chi connectivity index (χ2n) is 6.95. The van der Waals surface area contributed by atoms with Crippen LogP contribution in [0.4, 0.5) is 4.39 Å². The van der Waals surface area contributed by atoms with Gasteiger partial charge in [-0.2, -0.15) is 0 Å². The summed E-state index contributed by atoms with van der Waals surface area (Å²) in [5.41, 5.74) is 1.07. The fraction of sp³-hybridized carbons (Fsp3) is 0.318. The summed E-state index contributed by atoms with van der Waals surface area (Å²) >= 11 is 0. The summed E-state index contributed by atoms with van der Waals surface area (Å²) in [6.07, 6.45) is 0.792. The molecule has 1 saturated heterocycles. The average Bonchev–Trinajstić information content (AvgIpc) is 2.93. The molecule has 2 amide bonds. The SMILES string of the molecule is CC(=O)Oc1cccc(C(=O)N2CCCN(C(=O)Cc3cccc(F)c3)CC2)c1. The van der Waals surface area contributed by atoms with Crippen LogP contribution < -0.4 is 4.74 Å². The van der Waals surface area contributed by atoms with Crippen LogP contribution >= 0.6 is 0 Å². The number of amides is 2. The zero-order valence-corrected chi connectivity index (χ0v) is 16.3. The van der Waals surface area contributed by atoms with Gasteiger partial charge in [-0.1, -0.05) is 18.2 Å². The normalized spacial score (nSPS) is 14.3. The van der Waals surface area contributed by atoms with Crippen molar-refractivity contribution >= 4 is 17.8 Å². The topological polar surface area (TPSA) is 66.9 Å². The van der Waals surface area contributed by atoms with E-state index in [1.807, 2.05) is 0 Å². The molecular weight excluding hydrogens is 375 g/mol. The van der Waals surface area contributed by atoms with Gasteiger partial charge in [0.1, 0.15) is 11.6 Å². The fourth-order valence-corrected chi connectivity index (χ4v) is 3.34. The van der Waals surface area contributed by atoms with E-state index >= 15 is 0 Å². The van der Waals surface area contributed by atoms with Gasteiger partial charge in [-0.15, -0.1) is 0 Å². The van der Waals surface area contributed by atoms with Gasteiger partial charge in [-0.3, -0.25) is 14.4 Å². The predicted octanol–water partition coefficient (Wildman–Crippen LogP) is 2.67. The highest BCUT2D eigenvalue weighted by molar-refractivity contribution is 5.94. The van der Waals surface area contributed by atoms with E-state index in [0.29, 0.717) is 49.5 Å². The molecule has 2 aromatic carbocycles. The minimum atomic E-state index is -0.447. The van der Waals surface area contributed by atoms with Crippen molar-refractivity contribution in [3.63, 3.8) is 0 Å². The Labute approximate surface area is 168 Å². The molecule has 2 aromatic rings. The van der Waals surface area contributed by atoms with Gasteiger partial charge in [0.25, 0.3) is 5.91 Å². The molecule has 0 unspecified atom stereocenters. The molecule has 152 valence electrons. The highest BCUT2D eigenvalue weighted by Crippen LogP contribution is 2.17. The molecule has 7 heteroatoms. The number of carbonyl (C=O) groups excluding carboxylic acids is 3. The summed E-state index contributed by atoms with van der Waals surface area (Å²) in [5.74, 6) is -0.735. The van der Waals surface area contributed by atoms with E-state index in [-0.39, 0.29) is 24.1 Å². The molecule has 0 spiro atoms. The lowest BCUT2D eigenvalue weighted by Crippen LogP contribution is -2.38. The van der Waals surface area contributed by atoms with Crippen molar-refractivity contribution in [1.29, 1.82) is 0 Å². The third-order valence-electron chi connectivity index (χ3n) is 4.72. The zero-order valence-electron chi connectivity index (χ0n) is 16.3. The first kappa shape index (κ1) is 20.5. The summed E-state index contributed by atoms with van der Waals surface area (Å²) in [7, 11) is 0. The number of hydrogen-bond acceptors (Lipinski definition) is 4. The molecule has 0 aliphatic carbocycles. The molecule has 0 saturated carbocycles. The van der Waals surface area contributed by atoms with Crippen molar-refractivity contribution in [2.75, 3.05) is 26.2 Å². The summed E-state index contributed by atoms with van der Waals surface area (Å²) in [6.45, 7) is 3.21.